The van der Waals surface area contributed by atoms with E-state index in [1.165, 1.54) is 7.11 Å². The molecule has 0 amide bonds. The van der Waals surface area contributed by atoms with Gasteiger partial charge in [-0.15, -0.1) is 0 Å². The van der Waals surface area contributed by atoms with Crippen LogP contribution in [0.5, 0.6) is 11.5 Å². The molecule has 0 radical (unpaired) electrons. The maximum atomic E-state index is 11.4. The summed E-state index contributed by atoms with van der Waals surface area (Å²) in [5.74, 6) is 0.612. The Morgan fingerprint density at radius 2 is 2.16 bits per heavy atom. The van der Waals surface area contributed by atoms with Crippen LogP contribution in [0.2, 0.25) is 0 Å². The SMILES string of the molecule is CCCCOC(=O)COc1cc(OC)ccc1CO. The number of ether oxygens (including phenoxy) is 3. The standard InChI is InChI=1S/C14H20O5/c1-3-4-7-18-14(16)10-19-13-8-12(17-2)6-5-11(13)9-15/h5-6,8,15H,3-4,7,9-10H2,1-2H3. The van der Waals surface area contributed by atoms with E-state index in [0.717, 1.165) is 12.8 Å². The summed E-state index contributed by atoms with van der Waals surface area (Å²) >= 11 is 0. The van der Waals surface area contributed by atoms with Crippen LogP contribution in [0.15, 0.2) is 18.2 Å². The van der Waals surface area contributed by atoms with E-state index in [-0.39, 0.29) is 13.2 Å². The molecule has 0 unspecified atom stereocenters. The van der Waals surface area contributed by atoms with Crippen molar-refractivity contribution in [2.75, 3.05) is 20.3 Å². The number of hydrogen-bond donors (Lipinski definition) is 1. The van der Waals surface area contributed by atoms with Crippen molar-refractivity contribution in [2.45, 2.75) is 26.4 Å². The second-order valence-electron chi connectivity index (χ2n) is 3.99. The van der Waals surface area contributed by atoms with Crippen molar-refractivity contribution < 1.29 is 24.1 Å². The van der Waals surface area contributed by atoms with E-state index >= 15 is 0 Å². The van der Waals surface area contributed by atoms with E-state index < -0.39 is 5.97 Å². The molecule has 0 saturated carbocycles. The molecular weight excluding hydrogens is 248 g/mol. The molecule has 1 rings (SSSR count). The molecule has 0 aliphatic rings. The number of esters is 1. The Kier molecular flexibility index (Phi) is 6.74. The molecule has 1 N–H and O–H groups in total. The first-order valence-electron chi connectivity index (χ1n) is 6.27. The summed E-state index contributed by atoms with van der Waals surface area (Å²) < 4.78 is 15.4. The first-order valence-corrected chi connectivity index (χ1v) is 6.27. The van der Waals surface area contributed by atoms with Gasteiger partial charge in [-0.1, -0.05) is 13.3 Å². The van der Waals surface area contributed by atoms with Gasteiger partial charge in [0.2, 0.25) is 0 Å². The Hall–Kier alpha value is -1.75. The van der Waals surface area contributed by atoms with Crippen LogP contribution in [0.25, 0.3) is 0 Å². The summed E-state index contributed by atoms with van der Waals surface area (Å²) in [6, 6.07) is 5.04. The molecule has 1 aromatic rings. The van der Waals surface area contributed by atoms with Crippen LogP contribution in [0.3, 0.4) is 0 Å². The summed E-state index contributed by atoms with van der Waals surface area (Å²) in [5.41, 5.74) is 0.599. The highest BCUT2D eigenvalue weighted by molar-refractivity contribution is 5.71. The Bertz CT molecular complexity index is 403. The first-order chi connectivity index (χ1) is 9.21. The number of unbranched alkanes of at least 4 members (excludes halogenated alkanes) is 1. The Morgan fingerprint density at radius 1 is 1.37 bits per heavy atom. The van der Waals surface area contributed by atoms with E-state index in [4.69, 9.17) is 14.2 Å². The molecule has 19 heavy (non-hydrogen) atoms. The van der Waals surface area contributed by atoms with Crippen molar-refractivity contribution in [3.63, 3.8) is 0 Å². The molecule has 0 saturated heterocycles. The topological polar surface area (TPSA) is 65.0 Å². The number of aliphatic hydroxyl groups excluding tert-OH is 1. The normalized spacial score (nSPS) is 10.1. The third kappa shape index (κ3) is 5.18. The van der Waals surface area contributed by atoms with Crippen molar-refractivity contribution in [2.24, 2.45) is 0 Å². The number of hydrogen-bond acceptors (Lipinski definition) is 5. The summed E-state index contributed by atoms with van der Waals surface area (Å²) in [6.45, 7) is 2.09. The first kappa shape index (κ1) is 15.3. The minimum Gasteiger partial charge on any atom is -0.497 e. The lowest BCUT2D eigenvalue weighted by Crippen LogP contribution is -2.16. The molecule has 5 nitrogen and oxygen atoms in total. The Morgan fingerprint density at radius 3 is 2.79 bits per heavy atom. The lowest BCUT2D eigenvalue weighted by Gasteiger charge is -2.11. The van der Waals surface area contributed by atoms with Crippen molar-refractivity contribution in [3.05, 3.63) is 23.8 Å². The molecule has 5 heteroatoms. The minimum atomic E-state index is -0.417. The molecule has 0 aliphatic carbocycles. The lowest BCUT2D eigenvalue weighted by molar-refractivity contribution is -0.146. The van der Waals surface area contributed by atoms with Gasteiger partial charge >= 0.3 is 5.97 Å². The van der Waals surface area contributed by atoms with E-state index in [2.05, 4.69) is 0 Å². The number of carbonyl (C=O) groups is 1. The third-order valence-corrected chi connectivity index (χ3v) is 2.55. The van der Waals surface area contributed by atoms with Gasteiger partial charge in [0.25, 0.3) is 0 Å². The van der Waals surface area contributed by atoms with Crippen LogP contribution >= 0.6 is 0 Å². The van der Waals surface area contributed by atoms with Crippen molar-refractivity contribution in [1.29, 1.82) is 0 Å². The summed E-state index contributed by atoms with van der Waals surface area (Å²) in [6.07, 6.45) is 1.81. The van der Waals surface area contributed by atoms with Gasteiger partial charge in [-0.3, -0.25) is 0 Å². The van der Waals surface area contributed by atoms with Gasteiger partial charge in [0.1, 0.15) is 11.5 Å². The zero-order valence-electron chi connectivity index (χ0n) is 11.3. The van der Waals surface area contributed by atoms with Crippen LogP contribution in [0.1, 0.15) is 25.3 Å². The van der Waals surface area contributed by atoms with Gasteiger partial charge in [-0.25, -0.2) is 4.79 Å². The van der Waals surface area contributed by atoms with Gasteiger partial charge in [0, 0.05) is 11.6 Å². The Balaban J connectivity index is 2.53. The van der Waals surface area contributed by atoms with Crippen LogP contribution < -0.4 is 9.47 Å². The summed E-state index contributed by atoms with van der Waals surface area (Å²) in [7, 11) is 1.54. The van der Waals surface area contributed by atoms with Gasteiger partial charge in [-0.2, -0.15) is 0 Å². The fourth-order valence-electron chi connectivity index (χ4n) is 1.44. The van der Waals surface area contributed by atoms with Crippen LogP contribution in [0, 0.1) is 0 Å². The fraction of sp³-hybridized carbons (Fsp3) is 0.500. The maximum absolute atomic E-state index is 11.4. The predicted molar refractivity (Wildman–Crippen MR) is 70.3 cm³/mol. The van der Waals surface area contributed by atoms with Gasteiger partial charge in [-0.05, 0) is 18.6 Å². The molecular formula is C14H20O5. The Labute approximate surface area is 113 Å². The lowest BCUT2D eigenvalue weighted by atomic mass is 10.2. The van der Waals surface area contributed by atoms with Crippen LogP contribution in [-0.4, -0.2) is 31.4 Å². The molecule has 0 aliphatic heterocycles. The quantitative estimate of drug-likeness (QED) is 0.576. The second-order valence-corrected chi connectivity index (χ2v) is 3.99. The van der Waals surface area contributed by atoms with Crippen molar-refractivity contribution in [1.82, 2.24) is 0 Å². The third-order valence-electron chi connectivity index (χ3n) is 2.55. The fourth-order valence-corrected chi connectivity index (χ4v) is 1.44. The molecule has 106 valence electrons. The number of benzene rings is 1. The van der Waals surface area contributed by atoms with E-state index in [1.54, 1.807) is 18.2 Å². The highest BCUT2D eigenvalue weighted by Crippen LogP contribution is 2.24. The largest absolute Gasteiger partial charge is 0.497 e. The number of methoxy groups -OCH3 is 1. The number of rotatable bonds is 8. The van der Waals surface area contributed by atoms with Gasteiger partial charge in [0.15, 0.2) is 6.61 Å². The average Bonchev–Trinajstić information content (AvgIpc) is 2.45. The zero-order valence-corrected chi connectivity index (χ0v) is 11.3. The summed E-state index contributed by atoms with van der Waals surface area (Å²) in [5, 5.41) is 9.18. The van der Waals surface area contributed by atoms with Crippen molar-refractivity contribution in [3.8, 4) is 11.5 Å². The molecule has 0 atom stereocenters. The van der Waals surface area contributed by atoms with Gasteiger partial charge in [0.05, 0.1) is 20.3 Å². The van der Waals surface area contributed by atoms with Gasteiger partial charge < -0.3 is 19.3 Å². The smallest absolute Gasteiger partial charge is 0.344 e. The van der Waals surface area contributed by atoms with E-state index in [0.29, 0.717) is 23.7 Å². The number of aliphatic hydroxyl groups is 1. The number of carbonyl (C=O) groups excluding carboxylic acids is 1. The van der Waals surface area contributed by atoms with E-state index in [1.807, 2.05) is 6.92 Å². The minimum absolute atomic E-state index is 0.162. The molecule has 0 fully saturated rings. The molecule has 0 aromatic heterocycles. The van der Waals surface area contributed by atoms with Crippen molar-refractivity contribution >= 4 is 5.97 Å². The van der Waals surface area contributed by atoms with Crippen LogP contribution in [-0.2, 0) is 16.1 Å². The average molecular weight is 268 g/mol. The predicted octanol–water partition coefficient (Wildman–Crippen LogP) is 1.91. The monoisotopic (exact) mass is 268 g/mol. The van der Waals surface area contributed by atoms with E-state index in [9.17, 15) is 9.90 Å². The summed E-state index contributed by atoms with van der Waals surface area (Å²) in [4.78, 5) is 11.4. The molecule has 1 aromatic carbocycles. The maximum Gasteiger partial charge on any atom is 0.344 e. The molecule has 0 heterocycles. The van der Waals surface area contributed by atoms with Crippen LogP contribution in [0.4, 0.5) is 0 Å². The highest BCUT2D eigenvalue weighted by atomic mass is 16.6. The zero-order chi connectivity index (χ0) is 14.1. The highest BCUT2D eigenvalue weighted by Gasteiger charge is 2.08. The molecule has 0 spiro atoms. The molecule has 0 bridgehead atoms. The second kappa shape index (κ2) is 8.37.